The molecule has 7 nitrogen and oxygen atoms in total. The van der Waals surface area contributed by atoms with Gasteiger partial charge in [-0.15, -0.1) is 0 Å². The van der Waals surface area contributed by atoms with Crippen LogP contribution < -0.4 is 10.4 Å². The van der Waals surface area contributed by atoms with Crippen LogP contribution in [0.1, 0.15) is 39.0 Å². The van der Waals surface area contributed by atoms with Crippen molar-refractivity contribution in [1.82, 2.24) is 0 Å². The number of ketones is 2. The van der Waals surface area contributed by atoms with Gasteiger partial charge in [0.15, 0.2) is 17.1 Å². The Kier molecular flexibility index (Phi) is 3.18. The van der Waals surface area contributed by atoms with E-state index in [9.17, 15) is 19.2 Å². The average molecular weight is 374 g/mol. The van der Waals surface area contributed by atoms with Crippen molar-refractivity contribution in [3.05, 3.63) is 75.3 Å². The summed E-state index contributed by atoms with van der Waals surface area (Å²) < 4.78 is 16.1. The Morgan fingerprint density at radius 3 is 2.46 bits per heavy atom. The molecular formula is C21H10O7. The number of hydrogen-bond acceptors (Lipinski definition) is 7. The molecule has 7 heteroatoms. The molecule has 136 valence electrons. The summed E-state index contributed by atoms with van der Waals surface area (Å²) in [6, 6.07) is 11.0. The van der Waals surface area contributed by atoms with E-state index in [1.165, 1.54) is 25.1 Å². The Morgan fingerprint density at radius 2 is 1.68 bits per heavy atom. The lowest BCUT2D eigenvalue weighted by Gasteiger charge is -2.16. The highest BCUT2D eigenvalue weighted by Gasteiger charge is 2.39. The summed E-state index contributed by atoms with van der Waals surface area (Å²) in [5.41, 5.74) is -0.537. The normalized spacial score (nSPS) is 12.9. The van der Waals surface area contributed by atoms with Crippen molar-refractivity contribution in [2.24, 2.45) is 0 Å². The molecule has 2 aromatic heterocycles. The van der Waals surface area contributed by atoms with E-state index in [0.717, 1.165) is 0 Å². The Balaban J connectivity index is 1.88. The Morgan fingerprint density at radius 1 is 0.893 bits per heavy atom. The van der Waals surface area contributed by atoms with Gasteiger partial charge in [0.05, 0.1) is 16.5 Å². The number of benzene rings is 2. The van der Waals surface area contributed by atoms with Gasteiger partial charge < -0.3 is 13.6 Å². The number of para-hydroxylation sites is 1. The molecule has 0 saturated heterocycles. The third-order valence-electron chi connectivity index (χ3n) is 4.63. The van der Waals surface area contributed by atoms with Gasteiger partial charge in [0, 0.05) is 12.5 Å². The Bertz CT molecular complexity index is 1420. The molecule has 0 amide bonds. The van der Waals surface area contributed by atoms with Gasteiger partial charge in [-0.3, -0.25) is 14.4 Å². The van der Waals surface area contributed by atoms with Crippen molar-refractivity contribution >= 4 is 39.5 Å². The highest BCUT2D eigenvalue weighted by Crippen LogP contribution is 2.39. The van der Waals surface area contributed by atoms with Gasteiger partial charge in [0.1, 0.15) is 16.7 Å². The van der Waals surface area contributed by atoms with Gasteiger partial charge in [0.25, 0.3) is 0 Å². The number of furan rings is 1. The fourth-order valence-electron chi connectivity index (χ4n) is 3.53. The molecule has 2 aromatic carbocycles. The zero-order valence-corrected chi connectivity index (χ0v) is 14.4. The van der Waals surface area contributed by atoms with E-state index in [4.69, 9.17) is 13.6 Å². The predicted molar refractivity (Wildman–Crippen MR) is 96.9 cm³/mol. The summed E-state index contributed by atoms with van der Waals surface area (Å²) in [5, 5.41) is 0.395. The zero-order valence-electron chi connectivity index (χ0n) is 14.4. The molecular weight excluding hydrogens is 364 g/mol. The second-order valence-electron chi connectivity index (χ2n) is 6.33. The smallest absolute Gasteiger partial charge is 0.348 e. The van der Waals surface area contributed by atoms with Crippen molar-refractivity contribution in [3.63, 3.8) is 0 Å². The van der Waals surface area contributed by atoms with Crippen molar-refractivity contribution in [1.29, 1.82) is 0 Å². The van der Waals surface area contributed by atoms with Crippen molar-refractivity contribution in [2.75, 3.05) is 0 Å². The number of esters is 1. The van der Waals surface area contributed by atoms with Crippen LogP contribution >= 0.6 is 0 Å². The van der Waals surface area contributed by atoms with Crippen molar-refractivity contribution < 1.29 is 28.0 Å². The molecule has 0 unspecified atom stereocenters. The zero-order chi connectivity index (χ0) is 19.6. The third kappa shape index (κ3) is 2.04. The Labute approximate surface area is 156 Å². The monoisotopic (exact) mass is 374 g/mol. The molecule has 0 N–H and O–H groups in total. The van der Waals surface area contributed by atoms with Gasteiger partial charge in [-0.1, -0.05) is 24.3 Å². The molecule has 28 heavy (non-hydrogen) atoms. The largest absolute Gasteiger partial charge is 0.451 e. The molecule has 4 aromatic rings. The molecule has 0 fully saturated rings. The number of carbonyl (C=O) groups is 3. The maximum atomic E-state index is 13.1. The summed E-state index contributed by atoms with van der Waals surface area (Å²) in [4.78, 5) is 50.1. The molecule has 0 bridgehead atoms. The predicted octanol–water partition coefficient (Wildman–Crippen LogP) is 3.24. The molecule has 2 heterocycles. The van der Waals surface area contributed by atoms with Gasteiger partial charge in [-0.2, -0.15) is 0 Å². The maximum absolute atomic E-state index is 13.1. The third-order valence-corrected chi connectivity index (χ3v) is 4.63. The lowest BCUT2D eigenvalue weighted by atomic mass is 9.86. The number of ether oxygens (including phenoxy) is 1. The molecule has 1 aliphatic carbocycles. The number of carbonyl (C=O) groups excluding carboxylic acids is 3. The fourth-order valence-corrected chi connectivity index (χ4v) is 3.53. The summed E-state index contributed by atoms with van der Waals surface area (Å²) in [7, 11) is 0. The van der Waals surface area contributed by atoms with E-state index in [1.54, 1.807) is 24.3 Å². The van der Waals surface area contributed by atoms with Crippen LogP contribution in [0.5, 0.6) is 5.75 Å². The molecule has 0 aliphatic heterocycles. The number of hydrogen-bond donors (Lipinski definition) is 0. The molecule has 0 radical (unpaired) electrons. The van der Waals surface area contributed by atoms with E-state index >= 15 is 0 Å². The average Bonchev–Trinajstić information content (AvgIpc) is 3.08. The molecule has 0 saturated carbocycles. The Hall–Kier alpha value is -4.00. The van der Waals surface area contributed by atoms with Gasteiger partial charge in [-0.25, -0.2) is 4.79 Å². The van der Waals surface area contributed by atoms with E-state index < -0.39 is 23.2 Å². The minimum Gasteiger partial charge on any atom is -0.451 e. The van der Waals surface area contributed by atoms with Gasteiger partial charge in [-0.05, 0) is 18.2 Å². The van der Waals surface area contributed by atoms with Crippen LogP contribution in [-0.4, -0.2) is 17.5 Å². The fraction of sp³-hybridized carbons (Fsp3) is 0.0476. The van der Waals surface area contributed by atoms with Crippen LogP contribution in [0.15, 0.2) is 56.1 Å². The minimum atomic E-state index is -0.764. The lowest BCUT2D eigenvalue weighted by Crippen LogP contribution is -2.22. The summed E-state index contributed by atoms with van der Waals surface area (Å²) >= 11 is 0. The highest BCUT2D eigenvalue weighted by atomic mass is 16.5. The van der Waals surface area contributed by atoms with E-state index in [0.29, 0.717) is 5.39 Å². The molecule has 5 rings (SSSR count). The first-order valence-electron chi connectivity index (χ1n) is 8.36. The summed E-state index contributed by atoms with van der Waals surface area (Å²) in [5.74, 6) is -2.14. The second kappa shape index (κ2) is 5.50. The highest BCUT2D eigenvalue weighted by molar-refractivity contribution is 6.32. The van der Waals surface area contributed by atoms with E-state index in [2.05, 4.69) is 0 Å². The lowest BCUT2D eigenvalue weighted by molar-refractivity contribution is -0.131. The minimum absolute atomic E-state index is 0.0338. The van der Waals surface area contributed by atoms with Crippen molar-refractivity contribution in [2.45, 2.75) is 6.92 Å². The van der Waals surface area contributed by atoms with Crippen LogP contribution in [0.25, 0.3) is 21.9 Å². The number of fused-ring (bicyclic) bond motifs is 6. The standard InChI is InChI=1S/C21H10O7/c1-9(22)26-13-8-4-6-11-14(13)18(24)20-15(17(11)23)16-19(28-20)10-5-2-3-7-12(10)27-21(16)25/h2-8H,1H3. The summed E-state index contributed by atoms with van der Waals surface area (Å²) in [6.45, 7) is 1.19. The van der Waals surface area contributed by atoms with E-state index in [-0.39, 0.29) is 44.8 Å². The van der Waals surface area contributed by atoms with Gasteiger partial charge in [0.2, 0.25) is 5.78 Å². The van der Waals surface area contributed by atoms with Crippen molar-refractivity contribution in [3.8, 4) is 5.75 Å². The first-order chi connectivity index (χ1) is 13.5. The van der Waals surface area contributed by atoms with E-state index in [1.807, 2.05) is 0 Å². The molecule has 1 aliphatic rings. The molecule has 0 atom stereocenters. The van der Waals surface area contributed by atoms with Crippen LogP contribution in [0.2, 0.25) is 0 Å². The topological polar surface area (TPSA) is 104 Å². The molecule has 0 spiro atoms. The maximum Gasteiger partial charge on any atom is 0.348 e. The van der Waals surface area contributed by atoms with Gasteiger partial charge >= 0.3 is 11.6 Å². The first-order valence-corrected chi connectivity index (χ1v) is 8.36. The van der Waals surface area contributed by atoms with Crippen LogP contribution in [0.4, 0.5) is 0 Å². The number of rotatable bonds is 1. The second-order valence-corrected chi connectivity index (χ2v) is 6.33. The quantitative estimate of drug-likeness (QED) is 0.252. The van der Waals surface area contributed by atoms with Crippen LogP contribution in [-0.2, 0) is 4.79 Å². The SMILES string of the molecule is CC(=O)Oc1cccc2c1C(=O)c1oc3c(c1C2=O)c(=O)oc1ccccc13. The summed E-state index contributed by atoms with van der Waals surface area (Å²) in [6.07, 6.45) is 0. The van der Waals surface area contributed by atoms with Crippen LogP contribution in [0.3, 0.4) is 0 Å². The first kappa shape index (κ1) is 16.2. The van der Waals surface area contributed by atoms with Crippen LogP contribution in [0, 0.1) is 0 Å².